The molecule has 2 bridgehead atoms. The summed E-state index contributed by atoms with van der Waals surface area (Å²) in [6.07, 6.45) is 0. The molecular weight excluding hydrogens is 435 g/mol. The highest BCUT2D eigenvalue weighted by molar-refractivity contribution is 7.69. The molecule has 2 aliphatic rings. The number of carbonyl (C=O) groups is 2. The second-order valence-electron chi connectivity index (χ2n) is 7.86. The van der Waals surface area contributed by atoms with Gasteiger partial charge >= 0.3 is 11.9 Å². The Labute approximate surface area is 195 Å². The fourth-order valence-corrected chi connectivity index (χ4v) is 8.44. The Hall–Kier alpha value is -3.35. The molecule has 0 amide bonds. The van der Waals surface area contributed by atoms with Crippen LogP contribution in [0.2, 0.25) is 0 Å². The molecule has 0 N–H and O–H groups in total. The zero-order chi connectivity index (χ0) is 23.7. The van der Waals surface area contributed by atoms with Crippen LogP contribution in [0, 0.1) is 11.8 Å². The maximum absolute atomic E-state index is 12.8. The van der Waals surface area contributed by atoms with Gasteiger partial charge in [-0.3, -0.25) is 0 Å². The molecule has 0 aromatic heterocycles. The predicted molar refractivity (Wildman–Crippen MR) is 129 cm³/mol. The van der Waals surface area contributed by atoms with Crippen molar-refractivity contribution in [2.45, 2.75) is 25.2 Å². The van der Waals surface area contributed by atoms with Crippen molar-refractivity contribution in [1.82, 2.24) is 0 Å². The van der Waals surface area contributed by atoms with Crippen molar-refractivity contribution >= 4 is 25.2 Å². The van der Waals surface area contributed by atoms with Gasteiger partial charge < -0.3 is 14.2 Å². The molecule has 0 saturated carbocycles. The fraction of sp³-hybridized carbons (Fsp3) is 0.259. The van der Waals surface area contributed by atoms with Gasteiger partial charge in [-0.1, -0.05) is 53.3 Å². The lowest BCUT2D eigenvalue weighted by Gasteiger charge is -2.22. The fourth-order valence-electron chi connectivity index (χ4n) is 4.63. The summed E-state index contributed by atoms with van der Waals surface area (Å²) in [7, 11) is 3.33. The summed E-state index contributed by atoms with van der Waals surface area (Å²) in [5.41, 5.74) is 4.38. The minimum atomic E-state index is -0.981. The molecule has 2 atom stereocenters. The number of rotatable bonds is 4. The topological polar surface area (TPSA) is 61.8 Å². The molecular formula is C27H25O5P. The minimum Gasteiger partial charge on any atom is -0.495 e. The van der Waals surface area contributed by atoms with E-state index in [0.29, 0.717) is 16.9 Å². The van der Waals surface area contributed by atoms with Crippen LogP contribution >= 0.6 is 7.92 Å². The van der Waals surface area contributed by atoms with Crippen molar-refractivity contribution in [1.29, 1.82) is 0 Å². The maximum atomic E-state index is 12.8. The molecule has 0 fully saturated rings. The number of hydrogen-bond donors (Lipinski definition) is 0. The highest BCUT2D eigenvalue weighted by atomic mass is 31.1. The van der Waals surface area contributed by atoms with Crippen molar-refractivity contribution in [2.24, 2.45) is 0 Å². The quantitative estimate of drug-likeness (QED) is 0.299. The summed E-state index contributed by atoms with van der Waals surface area (Å²) >= 11 is 0. The lowest BCUT2D eigenvalue weighted by molar-refractivity contribution is -0.139. The molecule has 0 spiro atoms. The molecule has 0 aliphatic carbocycles. The molecule has 0 radical (unpaired) electrons. The molecule has 2 heterocycles. The van der Waals surface area contributed by atoms with Crippen molar-refractivity contribution in [3.63, 3.8) is 0 Å². The Morgan fingerprint density at radius 3 is 1.79 bits per heavy atom. The van der Waals surface area contributed by atoms with Crippen molar-refractivity contribution < 1.29 is 23.8 Å². The van der Waals surface area contributed by atoms with Gasteiger partial charge in [-0.05, 0) is 45.3 Å². The number of benzene rings is 2. The van der Waals surface area contributed by atoms with Gasteiger partial charge in [-0.2, -0.15) is 0 Å². The van der Waals surface area contributed by atoms with Crippen LogP contribution in [0.15, 0.2) is 70.8 Å². The zero-order valence-corrected chi connectivity index (χ0v) is 20.2. The van der Waals surface area contributed by atoms with Crippen LogP contribution in [0.5, 0.6) is 5.75 Å². The van der Waals surface area contributed by atoms with Gasteiger partial charge in [-0.15, -0.1) is 0 Å². The number of carbonyl (C=O) groups excluding carboxylic acids is 2. The number of ether oxygens (including phenoxy) is 3. The van der Waals surface area contributed by atoms with Crippen LogP contribution in [0.3, 0.4) is 0 Å². The zero-order valence-electron chi connectivity index (χ0n) is 19.3. The lowest BCUT2D eigenvalue weighted by Crippen LogP contribution is -2.24. The molecule has 2 unspecified atom stereocenters. The van der Waals surface area contributed by atoms with Crippen LogP contribution in [0.25, 0.3) is 0 Å². The second-order valence-corrected chi connectivity index (χ2v) is 10.2. The lowest BCUT2D eigenvalue weighted by atomic mass is 9.87. The molecule has 168 valence electrons. The molecule has 0 saturated heterocycles. The van der Waals surface area contributed by atoms with Crippen molar-refractivity contribution in [3.05, 3.63) is 82.0 Å². The summed E-state index contributed by atoms with van der Waals surface area (Å²) in [5, 5.41) is 1.06. The summed E-state index contributed by atoms with van der Waals surface area (Å²) < 4.78 is 15.6. The highest BCUT2D eigenvalue weighted by Gasteiger charge is 2.55. The predicted octanol–water partition coefficient (Wildman–Crippen LogP) is 3.95. The molecule has 2 aromatic rings. The summed E-state index contributed by atoms with van der Waals surface area (Å²) in [5.74, 6) is 6.31. The monoisotopic (exact) mass is 460 g/mol. The maximum Gasteiger partial charge on any atom is 0.335 e. The number of methoxy groups -OCH3 is 3. The largest absolute Gasteiger partial charge is 0.495 e. The van der Waals surface area contributed by atoms with E-state index in [9.17, 15) is 9.59 Å². The SMILES string of the molecule is COC(=O)C1=C(C(=O)OC)C2C(C)=C(C)C1P2c1ccccc1C#Cc1ccccc1OC. The van der Waals surface area contributed by atoms with Gasteiger partial charge in [0.15, 0.2) is 0 Å². The minimum absolute atomic E-state index is 0.194. The Bertz CT molecular complexity index is 1220. The summed E-state index contributed by atoms with van der Waals surface area (Å²) in [4.78, 5) is 25.6. The van der Waals surface area contributed by atoms with Gasteiger partial charge in [0, 0.05) is 16.9 Å². The molecule has 4 rings (SSSR count). The Kier molecular flexibility index (Phi) is 6.40. The van der Waals surface area contributed by atoms with E-state index < -0.39 is 19.9 Å². The molecule has 6 heteroatoms. The number of hydrogen-bond acceptors (Lipinski definition) is 5. The van der Waals surface area contributed by atoms with E-state index in [1.807, 2.05) is 56.3 Å². The van der Waals surface area contributed by atoms with Crippen molar-refractivity contribution in [2.75, 3.05) is 21.3 Å². The third-order valence-electron chi connectivity index (χ3n) is 6.27. The first kappa shape index (κ1) is 22.8. The number of para-hydroxylation sites is 1. The van der Waals surface area contributed by atoms with E-state index in [2.05, 4.69) is 17.9 Å². The van der Waals surface area contributed by atoms with Crippen molar-refractivity contribution in [3.8, 4) is 17.6 Å². The number of esters is 2. The average Bonchev–Trinajstić information content (AvgIpc) is 3.32. The van der Waals surface area contributed by atoms with E-state index in [1.165, 1.54) is 14.2 Å². The normalized spacial score (nSPS) is 20.9. The van der Waals surface area contributed by atoms with E-state index in [1.54, 1.807) is 7.11 Å². The Balaban J connectivity index is 1.83. The van der Waals surface area contributed by atoms with E-state index >= 15 is 0 Å². The first-order valence-corrected chi connectivity index (χ1v) is 12.0. The van der Waals surface area contributed by atoms with Gasteiger partial charge in [0.05, 0.1) is 38.0 Å². The molecule has 2 aliphatic heterocycles. The first-order valence-electron chi connectivity index (χ1n) is 10.5. The van der Waals surface area contributed by atoms with Crippen LogP contribution in [0.1, 0.15) is 25.0 Å². The standard InChI is InChI=1S/C27H25O5P/c1-16-17(2)25-23(27(29)32-5)22(26(28)31-4)24(16)33(25)21-13-9-7-11-19(21)15-14-18-10-6-8-12-20(18)30-3/h6-13,24-25H,1-5H3. The smallest absolute Gasteiger partial charge is 0.335 e. The van der Waals surface area contributed by atoms with Gasteiger partial charge in [0.1, 0.15) is 5.75 Å². The Morgan fingerprint density at radius 2 is 1.24 bits per heavy atom. The highest BCUT2D eigenvalue weighted by Crippen LogP contribution is 2.67. The van der Waals surface area contributed by atoms with Gasteiger partial charge in [0.25, 0.3) is 0 Å². The average molecular weight is 460 g/mol. The van der Waals surface area contributed by atoms with Gasteiger partial charge in [-0.25, -0.2) is 9.59 Å². The van der Waals surface area contributed by atoms with E-state index in [-0.39, 0.29) is 11.3 Å². The number of fused-ring (bicyclic) bond motifs is 2. The Morgan fingerprint density at radius 1 is 0.758 bits per heavy atom. The van der Waals surface area contributed by atoms with E-state index in [4.69, 9.17) is 14.2 Å². The third kappa shape index (κ3) is 3.75. The van der Waals surface area contributed by atoms with Crippen LogP contribution in [-0.2, 0) is 19.1 Å². The number of allylic oxidation sites excluding steroid dienone is 2. The summed E-state index contributed by atoms with van der Waals surface area (Å²) in [6.45, 7) is 4.07. The summed E-state index contributed by atoms with van der Waals surface area (Å²) in [6, 6.07) is 15.6. The van der Waals surface area contributed by atoms with Crippen LogP contribution in [-0.4, -0.2) is 44.6 Å². The second kappa shape index (κ2) is 9.25. The molecule has 2 aromatic carbocycles. The molecule has 5 nitrogen and oxygen atoms in total. The first-order chi connectivity index (χ1) is 15.9. The van der Waals surface area contributed by atoms with Crippen LogP contribution < -0.4 is 10.0 Å². The third-order valence-corrected chi connectivity index (χ3v) is 9.62. The van der Waals surface area contributed by atoms with E-state index in [0.717, 1.165) is 27.6 Å². The molecule has 33 heavy (non-hydrogen) atoms. The van der Waals surface area contributed by atoms with Crippen LogP contribution in [0.4, 0.5) is 0 Å². The van der Waals surface area contributed by atoms with Gasteiger partial charge in [0.2, 0.25) is 0 Å².